The molecule has 9 unspecified atom stereocenters. The summed E-state index contributed by atoms with van der Waals surface area (Å²) in [5, 5.41) is 0. The van der Waals surface area contributed by atoms with Gasteiger partial charge in [0.2, 0.25) is 0 Å². The normalized spacial score (nSPS) is 53.0. The van der Waals surface area contributed by atoms with Crippen molar-refractivity contribution in [1.82, 2.24) is 0 Å². The number of rotatable bonds is 5. The second kappa shape index (κ2) is 6.84. The van der Waals surface area contributed by atoms with Crippen LogP contribution in [0.4, 0.5) is 0 Å². The molecule has 0 aromatic rings. The molecule has 0 heterocycles. The Morgan fingerprint density at radius 2 is 1.67 bits per heavy atom. The lowest BCUT2D eigenvalue weighted by Crippen LogP contribution is -2.55. The van der Waals surface area contributed by atoms with Crippen LogP contribution in [0.1, 0.15) is 119 Å². The summed E-state index contributed by atoms with van der Waals surface area (Å²) >= 11 is 0. The van der Waals surface area contributed by atoms with Crippen LogP contribution in [-0.2, 0) is 4.79 Å². The van der Waals surface area contributed by atoms with Gasteiger partial charge in [-0.1, -0.05) is 60.8 Å². The van der Waals surface area contributed by atoms with Crippen LogP contribution < -0.4 is 0 Å². The summed E-state index contributed by atoms with van der Waals surface area (Å²) in [5.74, 6) is 5.25. The fourth-order valence-electron chi connectivity index (χ4n) is 10.8. The number of carbonyl (C=O) groups excluding carboxylic acids is 1. The zero-order valence-corrected chi connectivity index (χ0v) is 20.9. The van der Waals surface area contributed by atoms with E-state index in [-0.39, 0.29) is 0 Å². The number of hydrogen-bond acceptors (Lipinski definition) is 1. The van der Waals surface area contributed by atoms with Crippen LogP contribution in [0.5, 0.6) is 0 Å². The summed E-state index contributed by atoms with van der Waals surface area (Å²) in [4.78, 5) is 12.5. The third-order valence-electron chi connectivity index (χ3n) is 12.7. The third kappa shape index (κ3) is 2.56. The highest BCUT2D eigenvalue weighted by Gasteiger charge is 2.81. The maximum atomic E-state index is 12.5. The second-order valence-electron chi connectivity index (χ2n) is 13.8. The maximum Gasteiger partial charge on any atom is 0.136 e. The first-order chi connectivity index (χ1) is 14.1. The van der Waals surface area contributed by atoms with Gasteiger partial charge in [0.15, 0.2) is 0 Å². The van der Waals surface area contributed by atoms with Crippen molar-refractivity contribution in [3.63, 3.8) is 0 Å². The minimum Gasteiger partial charge on any atom is -0.299 e. The number of ketones is 1. The lowest BCUT2D eigenvalue weighted by molar-refractivity contribution is -0.146. The van der Waals surface area contributed by atoms with Crippen molar-refractivity contribution in [3.05, 3.63) is 0 Å². The van der Waals surface area contributed by atoms with Crippen LogP contribution in [-0.4, -0.2) is 5.78 Å². The maximum absolute atomic E-state index is 12.5. The Bertz CT molecular complexity index is 709. The van der Waals surface area contributed by atoms with E-state index < -0.39 is 0 Å². The predicted molar refractivity (Wildman–Crippen MR) is 125 cm³/mol. The van der Waals surface area contributed by atoms with E-state index in [2.05, 4.69) is 41.5 Å². The van der Waals surface area contributed by atoms with Gasteiger partial charge in [-0.2, -0.15) is 0 Å². The van der Waals surface area contributed by atoms with Gasteiger partial charge in [0.05, 0.1) is 0 Å². The molecule has 1 nitrogen and oxygen atoms in total. The second-order valence-corrected chi connectivity index (χ2v) is 13.8. The largest absolute Gasteiger partial charge is 0.299 e. The molecule has 0 bridgehead atoms. The molecule has 5 aliphatic carbocycles. The van der Waals surface area contributed by atoms with Gasteiger partial charge in [0, 0.05) is 12.3 Å². The van der Waals surface area contributed by atoms with Crippen LogP contribution in [0.2, 0.25) is 0 Å². The number of carbonyl (C=O) groups is 1. The van der Waals surface area contributed by atoms with Crippen LogP contribution >= 0.6 is 0 Å². The number of fused-ring (bicyclic) bond motifs is 2. The van der Waals surface area contributed by atoms with Crippen molar-refractivity contribution in [2.24, 2.45) is 57.2 Å². The van der Waals surface area contributed by atoms with Gasteiger partial charge in [0.1, 0.15) is 5.78 Å². The Balaban J connectivity index is 1.38. The summed E-state index contributed by atoms with van der Waals surface area (Å²) in [6.45, 7) is 15.1. The van der Waals surface area contributed by atoms with E-state index >= 15 is 0 Å². The SMILES string of the molecule is CC(C)CCCC(C)C1CCC2(C)C3CCC4C(C)C(=O)CCC45CC35CCC12C. The Kier molecular flexibility index (Phi) is 4.90. The van der Waals surface area contributed by atoms with Gasteiger partial charge >= 0.3 is 0 Å². The molecule has 5 saturated carbocycles. The van der Waals surface area contributed by atoms with E-state index in [9.17, 15) is 4.79 Å². The molecule has 30 heavy (non-hydrogen) atoms. The topological polar surface area (TPSA) is 17.1 Å². The van der Waals surface area contributed by atoms with E-state index in [0.29, 0.717) is 33.4 Å². The Labute approximate surface area is 186 Å². The first-order valence-electron chi connectivity index (χ1n) is 13.6. The molecule has 5 rings (SSSR count). The Morgan fingerprint density at radius 1 is 0.900 bits per heavy atom. The summed E-state index contributed by atoms with van der Waals surface area (Å²) in [6, 6.07) is 0. The van der Waals surface area contributed by atoms with Gasteiger partial charge in [-0.25, -0.2) is 0 Å². The molecule has 9 atom stereocenters. The smallest absolute Gasteiger partial charge is 0.136 e. The standard InChI is InChI=1S/C29H48O/c1-19(2)8-7-9-20(3)22-12-14-27(6)25-11-10-23-21(4)24(30)13-15-28(23)18-29(25,28)17-16-26(22,27)5/h19-23,25H,7-18H2,1-6H3. The molecule has 0 saturated heterocycles. The molecule has 0 aromatic carbocycles. The van der Waals surface area contributed by atoms with Crippen molar-refractivity contribution in [2.75, 3.05) is 0 Å². The number of Topliss-reactive ketones (excluding diaryl/α,β-unsaturated/α-hetero) is 1. The van der Waals surface area contributed by atoms with Crippen LogP contribution in [0, 0.1) is 57.2 Å². The molecule has 0 amide bonds. The summed E-state index contributed by atoms with van der Waals surface area (Å²) in [7, 11) is 0. The quantitative estimate of drug-likeness (QED) is 0.446. The fourth-order valence-corrected chi connectivity index (χ4v) is 10.8. The summed E-state index contributed by atoms with van der Waals surface area (Å²) in [5.41, 5.74) is 2.28. The average Bonchev–Trinajstić information content (AvgIpc) is 3.27. The molecule has 2 spiro atoms. The fraction of sp³-hybridized carbons (Fsp3) is 0.966. The van der Waals surface area contributed by atoms with Gasteiger partial charge < -0.3 is 0 Å². The molecule has 1 heteroatoms. The van der Waals surface area contributed by atoms with E-state index in [0.717, 1.165) is 36.0 Å². The third-order valence-corrected chi connectivity index (χ3v) is 12.7. The highest BCUT2D eigenvalue weighted by Crippen LogP contribution is 2.88. The molecule has 5 fully saturated rings. The zero-order chi connectivity index (χ0) is 21.5. The molecular formula is C29H48O. The monoisotopic (exact) mass is 412 g/mol. The first kappa shape index (κ1) is 21.5. The highest BCUT2D eigenvalue weighted by atomic mass is 16.1. The highest BCUT2D eigenvalue weighted by molar-refractivity contribution is 5.82. The zero-order valence-electron chi connectivity index (χ0n) is 20.9. The number of hydrogen-bond donors (Lipinski definition) is 0. The molecule has 170 valence electrons. The Morgan fingerprint density at radius 3 is 2.40 bits per heavy atom. The molecule has 0 radical (unpaired) electrons. The van der Waals surface area contributed by atoms with Gasteiger partial charge in [-0.3, -0.25) is 4.79 Å². The van der Waals surface area contributed by atoms with Crippen LogP contribution in [0.3, 0.4) is 0 Å². The van der Waals surface area contributed by atoms with Crippen molar-refractivity contribution in [3.8, 4) is 0 Å². The lowest BCUT2D eigenvalue weighted by atomic mass is 9.43. The Hall–Kier alpha value is -0.330. The van der Waals surface area contributed by atoms with Gasteiger partial charge in [-0.05, 0) is 103 Å². The van der Waals surface area contributed by atoms with E-state index in [4.69, 9.17) is 0 Å². The van der Waals surface area contributed by atoms with Crippen molar-refractivity contribution >= 4 is 5.78 Å². The molecule has 0 N–H and O–H groups in total. The molecule has 0 aliphatic heterocycles. The minimum atomic E-state index is 0.345. The minimum absolute atomic E-state index is 0.345. The lowest BCUT2D eigenvalue weighted by Gasteiger charge is -2.61. The summed E-state index contributed by atoms with van der Waals surface area (Å²) in [6.07, 6.45) is 16.5. The molecule has 0 aromatic heterocycles. The summed E-state index contributed by atoms with van der Waals surface area (Å²) < 4.78 is 0. The van der Waals surface area contributed by atoms with Crippen molar-refractivity contribution in [1.29, 1.82) is 0 Å². The van der Waals surface area contributed by atoms with E-state index in [1.165, 1.54) is 70.6 Å². The first-order valence-corrected chi connectivity index (χ1v) is 13.6. The van der Waals surface area contributed by atoms with Gasteiger partial charge in [0.25, 0.3) is 0 Å². The van der Waals surface area contributed by atoms with E-state index in [1.807, 2.05) is 0 Å². The molecular weight excluding hydrogens is 364 g/mol. The van der Waals surface area contributed by atoms with Crippen LogP contribution in [0.25, 0.3) is 0 Å². The van der Waals surface area contributed by atoms with E-state index in [1.54, 1.807) is 0 Å². The van der Waals surface area contributed by atoms with Crippen LogP contribution in [0.15, 0.2) is 0 Å². The average molecular weight is 413 g/mol. The predicted octanol–water partition coefficient (Wildman–Crippen LogP) is 8.07. The molecule has 5 aliphatic rings. The van der Waals surface area contributed by atoms with Crippen molar-refractivity contribution in [2.45, 2.75) is 119 Å². The van der Waals surface area contributed by atoms with Crippen molar-refractivity contribution < 1.29 is 4.79 Å². The van der Waals surface area contributed by atoms with Gasteiger partial charge in [-0.15, -0.1) is 0 Å².